The van der Waals surface area contributed by atoms with E-state index in [9.17, 15) is 18.0 Å². The van der Waals surface area contributed by atoms with E-state index in [-0.39, 0.29) is 18.7 Å². The molecule has 2 amide bonds. The molecule has 2 aromatic rings. The minimum atomic E-state index is -2.86. The van der Waals surface area contributed by atoms with Gasteiger partial charge in [0.05, 0.1) is 24.5 Å². The third kappa shape index (κ3) is 3.86. The van der Waals surface area contributed by atoms with Crippen LogP contribution in [0.2, 0.25) is 0 Å². The number of carbonyl (C=O) groups excluding carboxylic acids is 1. The van der Waals surface area contributed by atoms with E-state index in [4.69, 9.17) is 0 Å². The highest BCUT2D eigenvalue weighted by molar-refractivity contribution is 5.91. The van der Waals surface area contributed by atoms with Crippen molar-refractivity contribution in [3.8, 4) is 11.4 Å². The molecule has 0 spiro atoms. The lowest BCUT2D eigenvalue weighted by Gasteiger charge is -2.63. The Labute approximate surface area is 172 Å². The highest BCUT2D eigenvalue weighted by Gasteiger charge is 2.58. The molecule has 3 unspecified atom stereocenters. The molecular formula is C21H23F3N4O2. The molecule has 0 aliphatic carbocycles. The zero-order valence-corrected chi connectivity index (χ0v) is 16.7. The topological polar surface area (TPSA) is 67.4 Å². The van der Waals surface area contributed by atoms with E-state index in [1.165, 1.54) is 0 Å². The maximum atomic E-state index is 13.1. The highest BCUT2D eigenvalue weighted by atomic mass is 19.3. The van der Waals surface area contributed by atoms with Crippen molar-refractivity contribution in [2.75, 3.05) is 11.9 Å². The molecule has 2 aliphatic heterocycles. The second-order valence-corrected chi connectivity index (χ2v) is 8.25. The standard InChI is InChI=1S/C21H23F3N4O2/c1-12-5-16-8-21(7-12,11-30-19(23)24)28(16)20(29)27-15-4-3-13(2)17(6-15)18-25-9-14(22)10-26-18/h3-4,6,9-10,12,16,19H,5,7-8,11H2,1-2H3,(H,27,29). The molecule has 4 rings (SSSR count). The number of carbonyl (C=O) groups is 1. The fourth-order valence-corrected chi connectivity index (χ4v) is 4.83. The van der Waals surface area contributed by atoms with Gasteiger partial charge in [-0.05, 0) is 49.8 Å². The second kappa shape index (κ2) is 7.86. The maximum absolute atomic E-state index is 13.1. The molecular weight excluding hydrogens is 397 g/mol. The number of fused-ring (bicyclic) bond motifs is 2. The molecule has 9 heteroatoms. The van der Waals surface area contributed by atoms with Crippen LogP contribution in [-0.2, 0) is 4.74 Å². The van der Waals surface area contributed by atoms with Gasteiger partial charge in [0, 0.05) is 17.3 Å². The Bertz CT molecular complexity index is 940. The summed E-state index contributed by atoms with van der Waals surface area (Å²) in [6.45, 7) is 0.886. The van der Waals surface area contributed by atoms with Crippen molar-refractivity contribution in [3.05, 3.63) is 42.0 Å². The van der Waals surface area contributed by atoms with Gasteiger partial charge in [-0.15, -0.1) is 0 Å². The summed E-state index contributed by atoms with van der Waals surface area (Å²) < 4.78 is 43.0. The number of benzene rings is 1. The lowest BCUT2D eigenvalue weighted by Crippen LogP contribution is -2.74. The number of halogens is 3. The summed E-state index contributed by atoms with van der Waals surface area (Å²) in [5, 5.41) is 2.86. The average Bonchev–Trinajstić information content (AvgIpc) is 2.68. The van der Waals surface area contributed by atoms with E-state index in [1.807, 2.05) is 13.0 Å². The van der Waals surface area contributed by atoms with Crippen LogP contribution in [0, 0.1) is 18.7 Å². The van der Waals surface area contributed by atoms with E-state index in [2.05, 4.69) is 26.9 Å². The molecule has 2 saturated heterocycles. The molecule has 6 nitrogen and oxygen atoms in total. The molecule has 2 bridgehead atoms. The fourth-order valence-electron chi connectivity index (χ4n) is 4.83. The van der Waals surface area contributed by atoms with Gasteiger partial charge in [0.1, 0.15) is 0 Å². The molecule has 30 heavy (non-hydrogen) atoms. The first-order valence-electron chi connectivity index (χ1n) is 9.86. The van der Waals surface area contributed by atoms with Crippen LogP contribution < -0.4 is 5.32 Å². The van der Waals surface area contributed by atoms with Crippen LogP contribution in [0.1, 0.15) is 31.7 Å². The molecule has 1 aromatic heterocycles. The SMILES string of the molecule is Cc1ccc(NC(=O)N2C3CC(C)CC2(COC(F)F)C3)cc1-c1ncc(F)cn1. The van der Waals surface area contributed by atoms with Gasteiger partial charge in [0.15, 0.2) is 11.6 Å². The monoisotopic (exact) mass is 420 g/mol. The molecule has 3 heterocycles. The van der Waals surface area contributed by atoms with Crippen molar-refractivity contribution < 1.29 is 22.7 Å². The Balaban J connectivity index is 1.53. The predicted molar refractivity (Wildman–Crippen MR) is 105 cm³/mol. The quantitative estimate of drug-likeness (QED) is 0.767. The first kappa shape index (κ1) is 20.6. The van der Waals surface area contributed by atoms with Gasteiger partial charge in [-0.3, -0.25) is 0 Å². The summed E-state index contributed by atoms with van der Waals surface area (Å²) in [6, 6.07) is 4.96. The Kier molecular flexibility index (Phi) is 5.40. The van der Waals surface area contributed by atoms with E-state index in [0.717, 1.165) is 24.4 Å². The summed E-state index contributed by atoms with van der Waals surface area (Å²) >= 11 is 0. The second-order valence-electron chi connectivity index (χ2n) is 8.25. The van der Waals surface area contributed by atoms with Crippen LogP contribution >= 0.6 is 0 Å². The lowest BCUT2D eigenvalue weighted by atomic mass is 9.65. The smallest absolute Gasteiger partial charge is 0.320 e. The first-order chi connectivity index (χ1) is 14.3. The summed E-state index contributed by atoms with van der Waals surface area (Å²) in [4.78, 5) is 22.7. The number of alkyl halides is 2. The molecule has 3 atom stereocenters. The van der Waals surface area contributed by atoms with Crippen LogP contribution in [-0.4, -0.2) is 45.7 Å². The minimum Gasteiger partial charge on any atom is -0.320 e. The number of piperidine rings is 1. The number of hydrogen-bond acceptors (Lipinski definition) is 4. The molecule has 1 aromatic carbocycles. The third-order valence-electron chi connectivity index (χ3n) is 5.94. The number of ether oxygens (including phenoxy) is 1. The van der Waals surface area contributed by atoms with Crippen molar-refractivity contribution in [3.63, 3.8) is 0 Å². The first-order valence-corrected chi connectivity index (χ1v) is 9.86. The molecule has 2 fully saturated rings. The summed E-state index contributed by atoms with van der Waals surface area (Å²) in [5.41, 5.74) is 1.37. The number of anilines is 1. The van der Waals surface area contributed by atoms with Crippen molar-refractivity contribution in [2.24, 2.45) is 5.92 Å². The average molecular weight is 420 g/mol. The number of nitrogens with zero attached hydrogens (tertiary/aromatic N) is 3. The van der Waals surface area contributed by atoms with Crippen molar-refractivity contribution in [1.82, 2.24) is 14.9 Å². The van der Waals surface area contributed by atoms with Crippen molar-refractivity contribution in [2.45, 2.75) is 51.3 Å². The maximum Gasteiger partial charge on any atom is 0.345 e. The number of rotatable bonds is 5. The third-order valence-corrected chi connectivity index (χ3v) is 5.94. The summed E-state index contributed by atoms with van der Waals surface area (Å²) in [5.74, 6) is 0.160. The molecule has 0 saturated carbocycles. The van der Waals surface area contributed by atoms with Gasteiger partial charge in [0.25, 0.3) is 0 Å². The molecule has 1 N–H and O–H groups in total. The zero-order chi connectivity index (χ0) is 21.5. The predicted octanol–water partition coefficient (Wildman–Crippen LogP) is 4.61. The minimum absolute atomic E-state index is 0.0142. The van der Waals surface area contributed by atoms with Gasteiger partial charge in [-0.2, -0.15) is 8.78 Å². The number of urea groups is 1. The molecule has 0 radical (unpaired) electrons. The van der Waals surface area contributed by atoms with Gasteiger partial charge >= 0.3 is 12.6 Å². The van der Waals surface area contributed by atoms with Crippen LogP contribution in [0.4, 0.5) is 23.7 Å². The van der Waals surface area contributed by atoms with Gasteiger partial charge in [-0.25, -0.2) is 19.2 Å². The van der Waals surface area contributed by atoms with E-state index < -0.39 is 18.0 Å². The van der Waals surface area contributed by atoms with Crippen LogP contribution in [0.25, 0.3) is 11.4 Å². The summed E-state index contributed by atoms with van der Waals surface area (Å²) in [6.07, 6.45) is 4.31. The van der Waals surface area contributed by atoms with Crippen molar-refractivity contribution in [1.29, 1.82) is 0 Å². The van der Waals surface area contributed by atoms with Crippen LogP contribution in [0.3, 0.4) is 0 Å². The summed E-state index contributed by atoms with van der Waals surface area (Å²) in [7, 11) is 0. The van der Waals surface area contributed by atoms with Crippen LogP contribution in [0.15, 0.2) is 30.6 Å². The number of aryl methyl sites for hydroxylation is 1. The Morgan fingerprint density at radius 3 is 2.77 bits per heavy atom. The van der Waals surface area contributed by atoms with E-state index >= 15 is 0 Å². The van der Waals surface area contributed by atoms with Gasteiger partial charge in [0.2, 0.25) is 0 Å². The lowest BCUT2D eigenvalue weighted by molar-refractivity contribution is -0.194. The van der Waals surface area contributed by atoms with Gasteiger partial charge in [-0.1, -0.05) is 13.0 Å². The molecule has 2 aliphatic rings. The van der Waals surface area contributed by atoms with Gasteiger partial charge < -0.3 is 15.0 Å². The largest absolute Gasteiger partial charge is 0.345 e. The van der Waals surface area contributed by atoms with Crippen molar-refractivity contribution >= 4 is 11.7 Å². The zero-order valence-electron chi connectivity index (χ0n) is 16.7. The number of amides is 2. The molecule has 160 valence electrons. The number of hydrogen-bond donors (Lipinski definition) is 1. The number of nitrogens with one attached hydrogen (secondary N) is 1. The van der Waals surface area contributed by atoms with E-state index in [0.29, 0.717) is 35.8 Å². The highest BCUT2D eigenvalue weighted by Crippen LogP contribution is 2.50. The Morgan fingerprint density at radius 1 is 1.33 bits per heavy atom. The number of aromatic nitrogens is 2. The Morgan fingerprint density at radius 2 is 2.07 bits per heavy atom. The fraction of sp³-hybridized carbons (Fsp3) is 0.476. The Hall–Kier alpha value is -2.68. The van der Waals surface area contributed by atoms with E-state index in [1.54, 1.807) is 17.0 Å². The van der Waals surface area contributed by atoms with Crippen LogP contribution in [0.5, 0.6) is 0 Å². The normalized spacial score (nSPS) is 25.2.